The summed E-state index contributed by atoms with van der Waals surface area (Å²) >= 11 is 0. The SMILES string of the molecule is CCOC(C(C)C)C(O)CCc1ccc2c(c1)CCO2. The molecule has 3 nitrogen and oxygen atoms in total. The van der Waals surface area contributed by atoms with Gasteiger partial charge in [0.2, 0.25) is 0 Å². The Hall–Kier alpha value is -1.06. The van der Waals surface area contributed by atoms with Crippen LogP contribution in [-0.4, -0.2) is 30.5 Å². The minimum absolute atomic E-state index is 0.0715. The average Bonchev–Trinajstić information content (AvgIpc) is 2.89. The van der Waals surface area contributed by atoms with Crippen molar-refractivity contribution in [1.82, 2.24) is 0 Å². The van der Waals surface area contributed by atoms with Crippen LogP contribution in [0, 0.1) is 5.92 Å². The van der Waals surface area contributed by atoms with Gasteiger partial charge in [0, 0.05) is 13.0 Å². The molecule has 0 amide bonds. The van der Waals surface area contributed by atoms with Crippen LogP contribution in [0.5, 0.6) is 5.75 Å². The van der Waals surface area contributed by atoms with Gasteiger partial charge in [-0.1, -0.05) is 26.0 Å². The third-order valence-corrected chi connectivity index (χ3v) is 3.88. The zero-order valence-electron chi connectivity index (χ0n) is 12.8. The first-order valence-electron chi connectivity index (χ1n) is 7.66. The zero-order chi connectivity index (χ0) is 14.5. The van der Waals surface area contributed by atoms with Crippen LogP contribution in [0.2, 0.25) is 0 Å². The smallest absolute Gasteiger partial charge is 0.122 e. The fraction of sp³-hybridized carbons (Fsp3) is 0.647. The molecular formula is C17H26O3. The van der Waals surface area contributed by atoms with Crippen molar-refractivity contribution in [2.24, 2.45) is 5.92 Å². The summed E-state index contributed by atoms with van der Waals surface area (Å²) in [6, 6.07) is 6.36. The summed E-state index contributed by atoms with van der Waals surface area (Å²) in [5, 5.41) is 10.3. The van der Waals surface area contributed by atoms with Gasteiger partial charge in [-0.2, -0.15) is 0 Å². The third-order valence-electron chi connectivity index (χ3n) is 3.88. The molecule has 1 aromatic carbocycles. The highest BCUT2D eigenvalue weighted by atomic mass is 16.5. The Labute approximate surface area is 121 Å². The molecule has 1 N–H and O–H groups in total. The molecule has 112 valence electrons. The molecule has 0 radical (unpaired) electrons. The highest BCUT2D eigenvalue weighted by Crippen LogP contribution is 2.26. The minimum Gasteiger partial charge on any atom is -0.493 e. The van der Waals surface area contributed by atoms with Crippen molar-refractivity contribution in [2.45, 2.75) is 52.2 Å². The van der Waals surface area contributed by atoms with Gasteiger partial charge < -0.3 is 14.6 Å². The maximum Gasteiger partial charge on any atom is 0.122 e. The average molecular weight is 278 g/mol. The van der Waals surface area contributed by atoms with E-state index >= 15 is 0 Å². The second-order valence-corrected chi connectivity index (χ2v) is 5.81. The van der Waals surface area contributed by atoms with E-state index in [4.69, 9.17) is 9.47 Å². The Kier molecular flexibility index (Phi) is 5.44. The van der Waals surface area contributed by atoms with E-state index in [1.54, 1.807) is 0 Å². The Morgan fingerprint density at radius 1 is 1.35 bits per heavy atom. The number of aryl methyl sites for hydroxylation is 1. The molecule has 0 aromatic heterocycles. The number of rotatable bonds is 7. The number of aliphatic hydroxyl groups excluding tert-OH is 1. The predicted octanol–water partition coefficient (Wildman–Crippen LogP) is 2.98. The second kappa shape index (κ2) is 7.09. The number of fused-ring (bicyclic) bond motifs is 1. The van der Waals surface area contributed by atoms with Gasteiger partial charge in [0.05, 0.1) is 18.8 Å². The molecule has 2 rings (SSSR count). The van der Waals surface area contributed by atoms with Crippen LogP contribution in [0.4, 0.5) is 0 Å². The summed E-state index contributed by atoms with van der Waals surface area (Å²) < 4.78 is 11.2. The van der Waals surface area contributed by atoms with E-state index in [2.05, 4.69) is 26.0 Å². The van der Waals surface area contributed by atoms with Crippen molar-refractivity contribution in [2.75, 3.05) is 13.2 Å². The molecule has 1 heterocycles. The lowest BCUT2D eigenvalue weighted by Crippen LogP contribution is -2.34. The van der Waals surface area contributed by atoms with Crippen LogP contribution >= 0.6 is 0 Å². The Morgan fingerprint density at radius 3 is 2.85 bits per heavy atom. The van der Waals surface area contributed by atoms with E-state index < -0.39 is 6.10 Å². The fourth-order valence-electron chi connectivity index (χ4n) is 2.81. The van der Waals surface area contributed by atoms with E-state index in [1.165, 1.54) is 11.1 Å². The van der Waals surface area contributed by atoms with E-state index in [1.807, 2.05) is 13.0 Å². The van der Waals surface area contributed by atoms with Crippen molar-refractivity contribution in [3.05, 3.63) is 29.3 Å². The first-order chi connectivity index (χ1) is 9.61. The predicted molar refractivity (Wildman–Crippen MR) is 80.2 cm³/mol. The molecule has 1 aliphatic heterocycles. The monoisotopic (exact) mass is 278 g/mol. The summed E-state index contributed by atoms with van der Waals surface area (Å²) in [5.41, 5.74) is 2.56. The van der Waals surface area contributed by atoms with E-state index in [9.17, 15) is 5.11 Å². The van der Waals surface area contributed by atoms with Crippen molar-refractivity contribution in [1.29, 1.82) is 0 Å². The maximum absolute atomic E-state index is 10.3. The van der Waals surface area contributed by atoms with E-state index in [0.717, 1.165) is 31.6 Å². The molecule has 3 heteroatoms. The molecule has 0 saturated carbocycles. The highest BCUT2D eigenvalue weighted by Gasteiger charge is 2.23. The van der Waals surface area contributed by atoms with Gasteiger partial charge in [-0.05, 0) is 42.9 Å². The van der Waals surface area contributed by atoms with Crippen LogP contribution in [0.3, 0.4) is 0 Å². The number of hydrogen-bond acceptors (Lipinski definition) is 3. The summed E-state index contributed by atoms with van der Waals surface area (Å²) in [6.07, 6.45) is 2.14. The zero-order valence-corrected chi connectivity index (χ0v) is 12.8. The quantitative estimate of drug-likeness (QED) is 0.833. The highest BCUT2D eigenvalue weighted by molar-refractivity contribution is 5.39. The number of aliphatic hydroxyl groups is 1. The lowest BCUT2D eigenvalue weighted by molar-refractivity contribution is -0.0593. The van der Waals surface area contributed by atoms with Gasteiger partial charge in [0.15, 0.2) is 0 Å². The van der Waals surface area contributed by atoms with Crippen molar-refractivity contribution < 1.29 is 14.6 Å². The Balaban J connectivity index is 1.90. The maximum atomic E-state index is 10.3. The lowest BCUT2D eigenvalue weighted by Gasteiger charge is -2.26. The summed E-state index contributed by atoms with van der Waals surface area (Å²) in [5.74, 6) is 1.35. The molecular weight excluding hydrogens is 252 g/mol. The summed E-state index contributed by atoms with van der Waals surface area (Å²) in [7, 11) is 0. The number of benzene rings is 1. The topological polar surface area (TPSA) is 38.7 Å². The van der Waals surface area contributed by atoms with Crippen LogP contribution in [0.25, 0.3) is 0 Å². The molecule has 1 aromatic rings. The van der Waals surface area contributed by atoms with Gasteiger partial charge in [-0.15, -0.1) is 0 Å². The van der Waals surface area contributed by atoms with Gasteiger partial charge in [-0.25, -0.2) is 0 Å². The minimum atomic E-state index is -0.403. The van der Waals surface area contributed by atoms with E-state index in [-0.39, 0.29) is 6.10 Å². The molecule has 0 aliphatic carbocycles. The Bertz CT molecular complexity index is 428. The van der Waals surface area contributed by atoms with Crippen molar-refractivity contribution >= 4 is 0 Å². The van der Waals surface area contributed by atoms with Gasteiger partial charge >= 0.3 is 0 Å². The Morgan fingerprint density at radius 2 is 2.15 bits per heavy atom. The van der Waals surface area contributed by atoms with Crippen molar-refractivity contribution in [3.8, 4) is 5.75 Å². The largest absolute Gasteiger partial charge is 0.493 e. The molecule has 2 atom stereocenters. The van der Waals surface area contributed by atoms with Crippen LogP contribution in [-0.2, 0) is 17.6 Å². The first kappa shape index (κ1) is 15.3. The van der Waals surface area contributed by atoms with Crippen LogP contribution in [0.15, 0.2) is 18.2 Å². The van der Waals surface area contributed by atoms with Crippen LogP contribution in [0.1, 0.15) is 38.3 Å². The van der Waals surface area contributed by atoms with Gasteiger partial charge in [-0.3, -0.25) is 0 Å². The van der Waals surface area contributed by atoms with Crippen molar-refractivity contribution in [3.63, 3.8) is 0 Å². The van der Waals surface area contributed by atoms with Gasteiger partial charge in [0.25, 0.3) is 0 Å². The molecule has 20 heavy (non-hydrogen) atoms. The summed E-state index contributed by atoms with van der Waals surface area (Å²) in [4.78, 5) is 0. The fourth-order valence-corrected chi connectivity index (χ4v) is 2.81. The number of ether oxygens (including phenoxy) is 2. The molecule has 0 saturated heterocycles. The molecule has 0 bridgehead atoms. The normalized spacial score (nSPS) is 16.9. The molecule has 0 spiro atoms. The summed E-state index contributed by atoms with van der Waals surface area (Å²) in [6.45, 7) is 7.60. The molecule has 0 fully saturated rings. The van der Waals surface area contributed by atoms with E-state index in [0.29, 0.717) is 12.5 Å². The standard InChI is InChI=1S/C17H26O3/c1-4-19-17(12(2)3)15(18)7-5-13-6-8-16-14(11-13)9-10-20-16/h6,8,11-12,15,17-18H,4-5,7,9-10H2,1-3H3. The number of hydrogen-bond donors (Lipinski definition) is 1. The molecule has 1 aliphatic rings. The first-order valence-corrected chi connectivity index (χ1v) is 7.66. The second-order valence-electron chi connectivity index (χ2n) is 5.81. The third kappa shape index (κ3) is 3.74. The van der Waals surface area contributed by atoms with Crippen LogP contribution < -0.4 is 4.74 Å². The van der Waals surface area contributed by atoms with Gasteiger partial charge in [0.1, 0.15) is 5.75 Å². The molecule has 2 unspecified atom stereocenters. The lowest BCUT2D eigenvalue weighted by atomic mass is 9.95.